The number of nitrogens with zero attached hydrogens (tertiary/aromatic N) is 2. The number of carbonyl (C=O) groups is 1. The van der Waals surface area contributed by atoms with E-state index in [9.17, 15) is 10.0 Å². The van der Waals surface area contributed by atoms with E-state index in [1.54, 1.807) is 20.8 Å². The van der Waals surface area contributed by atoms with Crippen molar-refractivity contribution in [2.45, 2.75) is 20.8 Å². The van der Waals surface area contributed by atoms with E-state index in [1.807, 2.05) is 0 Å². The maximum Gasteiger partial charge on any atom is 0.313 e. The smallest absolute Gasteiger partial charge is 0.313 e. The van der Waals surface area contributed by atoms with Crippen molar-refractivity contribution in [1.82, 2.24) is 15.9 Å². The lowest BCUT2D eigenvalue weighted by Crippen LogP contribution is -2.48. The number of esters is 1. The average molecular weight is 251 g/mol. The van der Waals surface area contributed by atoms with Crippen LogP contribution in [0.1, 0.15) is 20.8 Å². The molecule has 17 heavy (non-hydrogen) atoms. The highest BCUT2D eigenvalue weighted by molar-refractivity contribution is 5.75. The number of rotatable bonds is 7. The Balaban J connectivity index is 3.68. The fourth-order valence-corrected chi connectivity index (χ4v) is 0.693. The number of carbonyl (C=O) groups excluding carboxylic acids is 1. The van der Waals surface area contributed by atoms with Crippen LogP contribution in [-0.2, 0) is 14.4 Å². The number of aliphatic hydroxyl groups excluding tert-OH is 1. The van der Waals surface area contributed by atoms with E-state index in [2.05, 4.69) is 10.4 Å². The molecule has 0 aliphatic rings. The van der Waals surface area contributed by atoms with Gasteiger partial charge in [0.05, 0.1) is 12.0 Å². The fourth-order valence-electron chi connectivity index (χ4n) is 0.693. The Morgan fingerprint density at radius 2 is 2.00 bits per heavy atom. The van der Waals surface area contributed by atoms with Crippen molar-refractivity contribution in [1.29, 1.82) is 0 Å². The molecule has 0 bridgehead atoms. The molecule has 0 aromatic carbocycles. The molecule has 8 nitrogen and oxygen atoms in total. The molecule has 0 fully saturated rings. The van der Waals surface area contributed by atoms with Crippen molar-refractivity contribution >= 4 is 5.97 Å². The first-order valence-electron chi connectivity index (χ1n) is 5.14. The highest BCUT2D eigenvalue weighted by atomic mass is 16.8. The molecule has 0 heterocycles. The summed E-state index contributed by atoms with van der Waals surface area (Å²) < 4.78 is 4.77. The molecule has 0 saturated carbocycles. The highest BCUT2D eigenvalue weighted by Crippen LogP contribution is 2.14. The van der Waals surface area contributed by atoms with Gasteiger partial charge in [-0.25, -0.2) is 9.85 Å². The van der Waals surface area contributed by atoms with E-state index < -0.39 is 11.4 Å². The Morgan fingerprint density at radius 1 is 1.41 bits per heavy atom. The summed E-state index contributed by atoms with van der Waals surface area (Å²) in [6, 6.07) is 0. The minimum Gasteiger partial charge on any atom is -0.436 e. The number of hydrogen-bond acceptors (Lipinski definition) is 8. The average Bonchev–Trinajstić information content (AvgIpc) is 2.22. The molecule has 0 aliphatic carbocycles. The largest absolute Gasteiger partial charge is 0.436 e. The number of hydrogen-bond donors (Lipinski definition) is 3. The van der Waals surface area contributed by atoms with E-state index in [1.165, 1.54) is 12.1 Å². The second-order valence-electron chi connectivity index (χ2n) is 4.43. The van der Waals surface area contributed by atoms with Crippen LogP contribution in [0.4, 0.5) is 0 Å². The molecule has 0 aliphatic heterocycles. The molecule has 0 atom stereocenters. The minimum atomic E-state index is -0.601. The van der Waals surface area contributed by atoms with Crippen molar-refractivity contribution in [3.63, 3.8) is 0 Å². The van der Waals surface area contributed by atoms with Crippen molar-refractivity contribution < 1.29 is 24.7 Å². The van der Waals surface area contributed by atoms with Crippen LogP contribution in [0.5, 0.6) is 0 Å². The molecule has 8 heteroatoms. The van der Waals surface area contributed by atoms with Crippen LogP contribution in [0.2, 0.25) is 0 Å². The molecule has 0 amide bonds. The molecule has 102 valence electrons. The van der Waals surface area contributed by atoms with Gasteiger partial charge in [0.25, 0.3) is 0 Å². The summed E-state index contributed by atoms with van der Waals surface area (Å²) in [6.45, 7) is 4.92. The van der Waals surface area contributed by atoms with Crippen LogP contribution in [-0.4, -0.2) is 53.6 Å². The van der Waals surface area contributed by atoms with Gasteiger partial charge in [-0.15, -0.1) is 0 Å². The lowest BCUT2D eigenvalue weighted by Gasteiger charge is -2.24. The zero-order valence-electron chi connectivity index (χ0n) is 10.6. The van der Waals surface area contributed by atoms with Crippen molar-refractivity contribution in [2.24, 2.45) is 5.41 Å². The molecular weight excluding hydrogens is 230 g/mol. The van der Waals surface area contributed by atoms with Gasteiger partial charge in [-0.2, -0.15) is 0 Å². The molecule has 0 rings (SSSR count). The quantitative estimate of drug-likeness (QED) is 0.241. The van der Waals surface area contributed by atoms with E-state index in [0.717, 1.165) is 0 Å². The number of aliphatic hydroxyl groups is 1. The Kier molecular flexibility index (Phi) is 7.19. The van der Waals surface area contributed by atoms with Gasteiger partial charge < -0.3 is 9.84 Å². The first-order valence-corrected chi connectivity index (χ1v) is 5.14. The molecule has 0 aromatic rings. The predicted molar refractivity (Wildman–Crippen MR) is 58.0 cm³/mol. The number of likely N-dealkylation sites (N-methyl/N-ethyl adjacent to an activating group) is 1. The van der Waals surface area contributed by atoms with Crippen LogP contribution in [0.3, 0.4) is 0 Å². The third-order valence-corrected chi connectivity index (χ3v) is 1.75. The second kappa shape index (κ2) is 7.54. The summed E-state index contributed by atoms with van der Waals surface area (Å²) in [5, 5.41) is 19.6. The Bertz CT molecular complexity index is 231. The highest BCUT2D eigenvalue weighted by Gasteiger charge is 2.23. The lowest BCUT2D eigenvalue weighted by atomic mass is 9.98. The maximum absolute atomic E-state index is 11.3. The van der Waals surface area contributed by atoms with E-state index >= 15 is 0 Å². The van der Waals surface area contributed by atoms with E-state index in [4.69, 9.17) is 9.84 Å². The van der Waals surface area contributed by atoms with Gasteiger partial charge in [-0.05, 0) is 26.1 Å². The normalized spacial score (nSPS) is 12.2. The molecule has 3 N–H and O–H groups in total. The number of nitrogens with one attached hydrogen (secondary N) is 1. The summed E-state index contributed by atoms with van der Waals surface area (Å²) in [4.78, 5) is 16.0. The summed E-state index contributed by atoms with van der Waals surface area (Å²) in [7, 11) is 1.52. The second-order valence-corrected chi connectivity index (χ2v) is 4.43. The minimum absolute atomic E-state index is 0.117. The van der Waals surface area contributed by atoms with Crippen molar-refractivity contribution in [3.8, 4) is 0 Å². The Hall–Kier alpha value is -0.770. The van der Waals surface area contributed by atoms with Crippen LogP contribution >= 0.6 is 0 Å². The van der Waals surface area contributed by atoms with Crippen LogP contribution in [0.15, 0.2) is 0 Å². The van der Waals surface area contributed by atoms with Gasteiger partial charge >= 0.3 is 5.97 Å². The molecule has 0 saturated heterocycles. The first kappa shape index (κ1) is 16.2. The molecule has 0 radical (unpaired) electrons. The van der Waals surface area contributed by atoms with Gasteiger partial charge in [0.2, 0.25) is 6.79 Å². The molecular formula is C9H21N3O5. The van der Waals surface area contributed by atoms with Crippen molar-refractivity contribution in [3.05, 3.63) is 0 Å². The van der Waals surface area contributed by atoms with Crippen LogP contribution < -0.4 is 5.59 Å². The van der Waals surface area contributed by atoms with E-state index in [0.29, 0.717) is 5.28 Å². The van der Waals surface area contributed by atoms with Gasteiger partial charge in [0.15, 0.2) is 0 Å². The standard InChI is InChI=1S/C9H21N3O5/c1-9(2,3)8(14)16-7-17-10-12(15)11(4)5-6-13/h10,13,15H,5-7H2,1-4H3. The summed E-state index contributed by atoms with van der Waals surface area (Å²) in [5.74, 6) is -0.410. The van der Waals surface area contributed by atoms with E-state index in [-0.39, 0.29) is 19.9 Å². The zero-order chi connectivity index (χ0) is 13.5. The monoisotopic (exact) mass is 251 g/mol. The molecule has 0 spiro atoms. The Labute approximate surface area is 101 Å². The first-order chi connectivity index (χ1) is 7.79. The SMILES string of the molecule is CN(CCO)N(O)NOCOC(=O)C(C)(C)C. The number of ether oxygens (including phenoxy) is 1. The van der Waals surface area contributed by atoms with Crippen molar-refractivity contribution in [2.75, 3.05) is 27.0 Å². The fraction of sp³-hybridized carbons (Fsp3) is 0.889. The lowest BCUT2D eigenvalue weighted by molar-refractivity contribution is -0.348. The third-order valence-electron chi connectivity index (χ3n) is 1.75. The number of hydrazine groups is 2. The Morgan fingerprint density at radius 3 is 2.47 bits per heavy atom. The van der Waals surface area contributed by atoms with Crippen LogP contribution in [0.25, 0.3) is 0 Å². The third kappa shape index (κ3) is 7.21. The van der Waals surface area contributed by atoms with Gasteiger partial charge in [0, 0.05) is 13.6 Å². The molecule has 0 unspecified atom stereocenters. The summed E-state index contributed by atoms with van der Waals surface area (Å²) in [6.07, 6.45) is 0. The topological polar surface area (TPSA) is 94.5 Å². The van der Waals surface area contributed by atoms with Gasteiger partial charge in [-0.3, -0.25) is 10.0 Å². The summed E-state index contributed by atoms with van der Waals surface area (Å²) >= 11 is 0. The van der Waals surface area contributed by atoms with Gasteiger partial charge in [0.1, 0.15) is 0 Å². The summed E-state index contributed by atoms with van der Waals surface area (Å²) in [5.41, 5.74) is 1.50. The van der Waals surface area contributed by atoms with Gasteiger partial charge in [-0.1, -0.05) is 5.59 Å². The zero-order valence-corrected chi connectivity index (χ0v) is 10.6. The van der Waals surface area contributed by atoms with Crippen LogP contribution in [0, 0.1) is 5.41 Å². The predicted octanol–water partition coefficient (Wildman–Crippen LogP) is -0.500. The maximum atomic E-state index is 11.3. The molecule has 0 aromatic heterocycles.